The highest BCUT2D eigenvalue weighted by molar-refractivity contribution is 7.88. The Balaban J connectivity index is 2.04. The molecule has 128 valence electrons. The van der Waals surface area contributed by atoms with Crippen molar-refractivity contribution >= 4 is 15.9 Å². The third-order valence-electron chi connectivity index (χ3n) is 3.75. The van der Waals surface area contributed by atoms with Gasteiger partial charge in [0.15, 0.2) is 0 Å². The van der Waals surface area contributed by atoms with Crippen LogP contribution in [0.2, 0.25) is 0 Å². The number of sulfonamides is 1. The molecular weight excluding hydrogens is 316 g/mol. The lowest BCUT2D eigenvalue weighted by molar-refractivity contribution is -0.130. The Morgan fingerprint density at radius 2 is 2.17 bits per heavy atom. The smallest absolute Gasteiger partial charge is 0.238 e. The van der Waals surface area contributed by atoms with E-state index in [0.29, 0.717) is 6.54 Å². The molecule has 8 heteroatoms. The first-order valence-corrected chi connectivity index (χ1v) is 9.49. The number of rotatable bonds is 6. The molecule has 1 saturated heterocycles. The van der Waals surface area contributed by atoms with E-state index in [9.17, 15) is 13.2 Å². The van der Waals surface area contributed by atoms with Crippen molar-refractivity contribution in [1.82, 2.24) is 19.5 Å². The van der Waals surface area contributed by atoms with E-state index in [0.717, 1.165) is 36.9 Å². The van der Waals surface area contributed by atoms with E-state index >= 15 is 0 Å². The number of amides is 1. The summed E-state index contributed by atoms with van der Waals surface area (Å²) in [7, 11) is 0.634. The summed E-state index contributed by atoms with van der Waals surface area (Å²) in [6.45, 7) is 1.25. The molecule has 1 atom stereocenters. The Kier molecular flexibility index (Phi) is 5.72. The quantitative estimate of drug-likeness (QED) is 0.808. The summed E-state index contributed by atoms with van der Waals surface area (Å²) in [4.78, 5) is 20.5. The average Bonchev–Trinajstić information content (AvgIpc) is 2.93. The zero-order valence-electron chi connectivity index (χ0n) is 13.8. The van der Waals surface area contributed by atoms with Crippen molar-refractivity contribution in [3.63, 3.8) is 0 Å². The summed E-state index contributed by atoms with van der Waals surface area (Å²) in [6.07, 6.45) is 4.64. The van der Waals surface area contributed by atoms with Gasteiger partial charge in [-0.3, -0.25) is 9.78 Å². The SMILES string of the molecule is CN(C)Cc1ccc([C@H]2CCCN2C(=O)CNS(C)(=O)=O)nc1. The van der Waals surface area contributed by atoms with E-state index in [4.69, 9.17) is 0 Å². The molecule has 1 aromatic rings. The summed E-state index contributed by atoms with van der Waals surface area (Å²) in [6, 6.07) is 3.91. The van der Waals surface area contributed by atoms with Crippen LogP contribution in [0.3, 0.4) is 0 Å². The Hall–Kier alpha value is -1.51. The zero-order chi connectivity index (χ0) is 17.0. The number of hydrogen-bond donors (Lipinski definition) is 1. The van der Waals surface area contributed by atoms with Crippen molar-refractivity contribution in [3.8, 4) is 0 Å². The summed E-state index contributed by atoms with van der Waals surface area (Å²) in [5, 5.41) is 0. The molecule has 1 aromatic heterocycles. The minimum Gasteiger partial charge on any atom is -0.333 e. The number of likely N-dealkylation sites (tertiary alicyclic amines) is 1. The molecular formula is C15H24N4O3S. The summed E-state index contributed by atoms with van der Waals surface area (Å²) in [5.74, 6) is -0.211. The van der Waals surface area contributed by atoms with Gasteiger partial charge in [0.25, 0.3) is 0 Å². The van der Waals surface area contributed by atoms with Crippen LogP contribution < -0.4 is 4.72 Å². The fourth-order valence-electron chi connectivity index (χ4n) is 2.76. The van der Waals surface area contributed by atoms with E-state index in [1.165, 1.54) is 0 Å². The molecule has 2 heterocycles. The maximum Gasteiger partial charge on any atom is 0.238 e. The number of pyridine rings is 1. The second-order valence-electron chi connectivity index (χ2n) is 6.17. The van der Waals surface area contributed by atoms with E-state index in [1.54, 1.807) is 4.90 Å². The van der Waals surface area contributed by atoms with Crippen LogP contribution in [0.4, 0.5) is 0 Å². The van der Waals surface area contributed by atoms with Crippen LogP contribution in [0.25, 0.3) is 0 Å². The molecule has 0 bridgehead atoms. The van der Waals surface area contributed by atoms with Gasteiger partial charge in [-0.25, -0.2) is 13.1 Å². The number of hydrogen-bond acceptors (Lipinski definition) is 5. The molecule has 1 amide bonds. The Morgan fingerprint density at radius 1 is 1.43 bits per heavy atom. The van der Waals surface area contributed by atoms with E-state index in [2.05, 4.69) is 14.6 Å². The maximum atomic E-state index is 12.3. The number of carbonyl (C=O) groups is 1. The third kappa shape index (κ3) is 5.26. The average molecular weight is 340 g/mol. The molecule has 0 radical (unpaired) electrons. The largest absolute Gasteiger partial charge is 0.333 e. The molecule has 2 rings (SSSR count). The van der Waals surface area contributed by atoms with Crippen molar-refractivity contribution in [3.05, 3.63) is 29.6 Å². The Morgan fingerprint density at radius 3 is 2.74 bits per heavy atom. The van der Waals surface area contributed by atoms with Crippen molar-refractivity contribution in [1.29, 1.82) is 0 Å². The molecule has 1 N–H and O–H groups in total. The molecule has 0 unspecified atom stereocenters. The van der Waals surface area contributed by atoms with Gasteiger partial charge < -0.3 is 9.80 Å². The van der Waals surface area contributed by atoms with Gasteiger partial charge in [-0.15, -0.1) is 0 Å². The van der Waals surface area contributed by atoms with Crippen molar-refractivity contribution in [2.75, 3.05) is 33.4 Å². The van der Waals surface area contributed by atoms with Gasteiger partial charge in [0, 0.05) is 19.3 Å². The number of aromatic nitrogens is 1. The first kappa shape index (κ1) is 17.8. The predicted octanol–water partition coefficient (Wildman–Crippen LogP) is 0.356. The molecule has 0 spiro atoms. The van der Waals surface area contributed by atoms with Crippen LogP contribution in [0, 0.1) is 0 Å². The predicted molar refractivity (Wildman–Crippen MR) is 88.2 cm³/mol. The van der Waals surface area contributed by atoms with Gasteiger partial charge in [0.2, 0.25) is 15.9 Å². The van der Waals surface area contributed by atoms with E-state index < -0.39 is 10.0 Å². The molecule has 1 aliphatic rings. The molecule has 1 fully saturated rings. The van der Waals surface area contributed by atoms with Gasteiger partial charge in [-0.05, 0) is 38.6 Å². The molecule has 1 aliphatic heterocycles. The lowest BCUT2D eigenvalue weighted by atomic mass is 10.1. The Bertz CT molecular complexity index is 643. The van der Waals surface area contributed by atoms with E-state index in [1.807, 2.05) is 32.4 Å². The summed E-state index contributed by atoms with van der Waals surface area (Å²) in [5.41, 5.74) is 1.98. The van der Waals surface area contributed by atoms with Crippen LogP contribution in [0.15, 0.2) is 18.3 Å². The number of carbonyl (C=O) groups excluding carboxylic acids is 1. The van der Waals surface area contributed by atoms with Crippen molar-refractivity contribution in [2.45, 2.75) is 25.4 Å². The highest BCUT2D eigenvalue weighted by Gasteiger charge is 2.30. The zero-order valence-corrected chi connectivity index (χ0v) is 14.6. The topological polar surface area (TPSA) is 82.6 Å². The second kappa shape index (κ2) is 7.37. The summed E-state index contributed by atoms with van der Waals surface area (Å²) < 4.78 is 24.5. The van der Waals surface area contributed by atoms with Gasteiger partial charge in [0.1, 0.15) is 0 Å². The molecule has 0 saturated carbocycles. The molecule has 0 aliphatic carbocycles. The third-order valence-corrected chi connectivity index (χ3v) is 4.42. The highest BCUT2D eigenvalue weighted by atomic mass is 32.2. The monoisotopic (exact) mass is 340 g/mol. The standard InChI is InChI=1S/C15H24N4O3S/c1-18(2)11-12-6-7-13(16-9-12)14-5-4-8-19(14)15(20)10-17-23(3,21)22/h6-7,9,14,17H,4-5,8,10-11H2,1-3H3/t14-/m1/s1. The lowest BCUT2D eigenvalue weighted by Crippen LogP contribution is -2.39. The minimum atomic E-state index is -3.37. The van der Waals surface area contributed by atoms with Crippen molar-refractivity contribution < 1.29 is 13.2 Å². The van der Waals surface area contributed by atoms with Gasteiger partial charge in [-0.2, -0.15) is 0 Å². The lowest BCUT2D eigenvalue weighted by Gasteiger charge is -2.24. The first-order chi connectivity index (χ1) is 10.8. The Labute approximate surface area is 137 Å². The highest BCUT2D eigenvalue weighted by Crippen LogP contribution is 2.30. The normalized spacial score (nSPS) is 18.6. The molecule has 0 aromatic carbocycles. The minimum absolute atomic E-state index is 0.0720. The van der Waals surface area contributed by atoms with Crippen molar-refractivity contribution in [2.24, 2.45) is 0 Å². The van der Waals surface area contributed by atoms with E-state index in [-0.39, 0.29) is 18.5 Å². The maximum absolute atomic E-state index is 12.3. The van der Waals surface area contributed by atoms with Crippen LogP contribution in [-0.2, 0) is 21.4 Å². The fourth-order valence-corrected chi connectivity index (χ4v) is 3.14. The second-order valence-corrected chi connectivity index (χ2v) is 8.00. The fraction of sp³-hybridized carbons (Fsp3) is 0.600. The van der Waals surface area contributed by atoms with Crippen LogP contribution in [-0.4, -0.2) is 62.5 Å². The summed E-state index contributed by atoms with van der Waals surface area (Å²) >= 11 is 0. The molecule has 23 heavy (non-hydrogen) atoms. The van der Waals surface area contributed by atoms with Crippen LogP contribution in [0.5, 0.6) is 0 Å². The van der Waals surface area contributed by atoms with Gasteiger partial charge >= 0.3 is 0 Å². The van der Waals surface area contributed by atoms with Gasteiger partial charge in [0.05, 0.1) is 24.5 Å². The molecule has 7 nitrogen and oxygen atoms in total. The number of nitrogens with zero attached hydrogens (tertiary/aromatic N) is 3. The van der Waals surface area contributed by atoms with Crippen LogP contribution >= 0.6 is 0 Å². The first-order valence-electron chi connectivity index (χ1n) is 7.60. The van der Waals surface area contributed by atoms with Gasteiger partial charge in [-0.1, -0.05) is 6.07 Å². The number of nitrogens with one attached hydrogen (secondary N) is 1. The van der Waals surface area contributed by atoms with Crippen LogP contribution in [0.1, 0.15) is 30.1 Å².